The molecule has 0 aliphatic rings. The Morgan fingerprint density at radius 3 is 2.65 bits per heavy atom. The molecule has 9 heteroatoms. The van der Waals surface area contributed by atoms with Crippen LogP contribution in [0.15, 0.2) is 10.7 Å². The van der Waals surface area contributed by atoms with Gasteiger partial charge in [-0.05, 0) is 22.0 Å². The van der Waals surface area contributed by atoms with Crippen molar-refractivity contribution in [2.24, 2.45) is 0 Å². The summed E-state index contributed by atoms with van der Waals surface area (Å²) >= 11 is 2.79. The van der Waals surface area contributed by atoms with Crippen molar-refractivity contribution in [2.75, 3.05) is 7.11 Å². The van der Waals surface area contributed by atoms with Gasteiger partial charge in [-0.3, -0.25) is 10.1 Å². The molecule has 0 N–H and O–H groups in total. The minimum Gasteiger partial charge on any atom is -0.465 e. The average Bonchev–Trinajstić information content (AvgIpc) is 2.26. The first-order valence-electron chi connectivity index (χ1n) is 4.09. The molecule has 6 nitrogen and oxygen atoms in total. The van der Waals surface area contributed by atoms with Crippen LogP contribution >= 0.6 is 15.9 Å². The highest BCUT2D eigenvalue weighted by molar-refractivity contribution is 9.10. The van der Waals surface area contributed by atoms with Crippen LogP contribution < -0.4 is 0 Å². The predicted molar refractivity (Wildman–Crippen MR) is 54.9 cm³/mol. The van der Waals surface area contributed by atoms with E-state index in [2.05, 4.69) is 25.7 Å². The van der Waals surface area contributed by atoms with E-state index in [1.165, 1.54) is 0 Å². The molecule has 1 aromatic heterocycles. The van der Waals surface area contributed by atoms with Gasteiger partial charge in [0, 0.05) is 0 Å². The smallest absolute Gasteiger partial charge is 0.345 e. The number of rotatable bonds is 3. The summed E-state index contributed by atoms with van der Waals surface area (Å²) in [6.07, 6.45) is -3.17. The zero-order valence-corrected chi connectivity index (χ0v) is 9.90. The Bertz CT molecular complexity index is 481. The Labute approximate surface area is 102 Å². The van der Waals surface area contributed by atoms with Crippen LogP contribution in [-0.2, 0) is 4.74 Å². The van der Waals surface area contributed by atoms with Crippen molar-refractivity contribution in [3.63, 3.8) is 0 Å². The third-order valence-corrected chi connectivity index (χ3v) is 2.19. The number of halogens is 3. The Balaban J connectivity index is 3.57. The highest BCUT2D eigenvalue weighted by Crippen LogP contribution is 2.32. The highest BCUT2D eigenvalue weighted by Gasteiger charge is 2.32. The number of pyridine rings is 1. The van der Waals surface area contributed by atoms with Gasteiger partial charge in [-0.25, -0.2) is 18.6 Å². The van der Waals surface area contributed by atoms with Gasteiger partial charge in [-0.15, -0.1) is 0 Å². The fraction of sp³-hybridized carbons (Fsp3) is 0.250. The molecular formula is C8H5BrF2N2O4. The molecule has 0 saturated carbocycles. The lowest BCUT2D eigenvalue weighted by Gasteiger charge is -2.06. The summed E-state index contributed by atoms with van der Waals surface area (Å²) in [5.74, 6) is -1.08. The molecule has 0 fully saturated rings. The number of aromatic nitrogens is 1. The lowest BCUT2D eigenvalue weighted by atomic mass is 10.2. The molecule has 0 bridgehead atoms. The molecule has 1 heterocycles. The first-order valence-corrected chi connectivity index (χ1v) is 4.89. The van der Waals surface area contributed by atoms with Crippen LogP contribution in [0, 0.1) is 10.1 Å². The molecule has 0 saturated heterocycles. The van der Waals surface area contributed by atoms with Crippen molar-refractivity contribution >= 4 is 27.6 Å². The molecular weight excluding hydrogens is 306 g/mol. The van der Waals surface area contributed by atoms with Crippen LogP contribution in [0.25, 0.3) is 0 Å². The molecule has 0 radical (unpaired) electrons. The van der Waals surface area contributed by atoms with E-state index in [4.69, 9.17) is 0 Å². The molecule has 0 aliphatic carbocycles. The molecule has 1 rings (SSSR count). The van der Waals surface area contributed by atoms with Crippen LogP contribution in [0.5, 0.6) is 0 Å². The number of ether oxygens (including phenoxy) is 1. The van der Waals surface area contributed by atoms with Gasteiger partial charge in [0.1, 0.15) is 10.2 Å². The van der Waals surface area contributed by atoms with E-state index in [-0.39, 0.29) is 4.60 Å². The monoisotopic (exact) mass is 310 g/mol. The highest BCUT2D eigenvalue weighted by atomic mass is 79.9. The van der Waals surface area contributed by atoms with Crippen molar-refractivity contribution in [3.8, 4) is 0 Å². The number of hydrogen-bond donors (Lipinski definition) is 0. The maximum atomic E-state index is 12.6. The van der Waals surface area contributed by atoms with Crippen LogP contribution in [0.3, 0.4) is 0 Å². The lowest BCUT2D eigenvalue weighted by Crippen LogP contribution is -2.10. The number of methoxy groups -OCH3 is 1. The number of alkyl halides is 2. The van der Waals surface area contributed by atoms with Gasteiger partial charge < -0.3 is 4.74 Å². The van der Waals surface area contributed by atoms with Crippen molar-refractivity contribution < 1.29 is 23.2 Å². The van der Waals surface area contributed by atoms with Crippen LogP contribution in [0.4, 0.5) is 14.5 Å². The topological polar surface area (TPSA) is 82.3 Å². The van der Waals surface area contributed by atoms with E-state index in [0.717, 1.165) is 13.2 Å². The standard InChI is InChI=1S/C8H5BrF2N2O4/c1-17-8(14)3-2-4(9)12-5(7(10)11)6(3)13(15)16/h2,7H,1H3. The molecule has 0 amide bonds. The van der Waals surface area contributed by atoms with Gasteiger partial charge in [0.2, 0.25) is 0 Å². The second-order valence-corrected chi connectivity index (χ2v) is 3.59. The zero-order valence-electron chi connectivity index (χ0n) is 8.32. The molecule has 0 atom stereocenters. The number of nitro groups is 1. The molecule has 1 aromatic rings. The molecule has 0 unspecified atom stereocenters. The van der Waals surface area contributed by atoms with Crippen molar-refractivity contribution in [3.05, 3.63) is 32.0 Å². The van der Waals surface area contributed by atoms with Gasteiger partial charge in [0.05, 0.1) is 12.0 Å². The third-order valence-electron chi connectivity index (χ3n) is 1.78. The Hall–Kier alpha value is -1.64. The van der Waals surface area contributed by atoms with E-state index in [1.807, 2.05) is 0 Å². The van der Waals surface area contributed by atoms with Gasteiger partial charge in [-0.1, -0.05) is 0 Å². The Morgan fingerprint density at radius 2 is 2.24 bits per heavy atom. The first-order chi connectivity index (χ1) is 7.88. The van der Waals surface area contributed by atoms with E-state index in [9.17, 15) is 23.7 Å². The number of carbonyl (C=O) groups excluding carboxylic acids is 1. The second kappa shape index (κ2) is 5.13. The second-order valence-electron chi connectivity index (χ2n) is 2.78. The average molecular weight is 311 g/mol. The van der Waals surface area contributed by atoms with Gasteiger partial charge in [0.25, 0.3) is 6.43 Å². The molecule has 0 aliphatic heterocycles. The van der Waals surface area contributed by atoms with E-state index < -0.39 is 34.3 Å². The molecule has 17 heavy (non-hydrogen) atoms. The van der Waals surface area contributed by atoms with Gasteiger partial charge in [-0.2, -0.15) is 0 Å². The van der Waals surface area contributed by atoms with Gasteiger partial charge >= 0.3 is 11.7 Å². The van der Waals surface area contributed by atoms with Crippen LogP contribution in [-0.4, -0.2) is 23.0 Å². The van der Waals surface area contributed by atoms with E-state index in [0.29, 0.717) is 0 Å². The summed E-state index contributed by atoms with van der Waals surface area (Å²) in [4.78, 5) is 24.1. The summed E-state index contributed by atoms with van der Waals surface area (Å²) in [6, 6.07) is 0.954. The summed E-state index contributed by atoms with van der Waals surface area (Å²) in [5, 5.41) is 10.7. The normalized spacial score (nSPS) is 10.4. The summed E-state index contributed by atoms with van der Waals surface area (Å²) in [5.41, 5.74) is -2.70. The summed E-state index contributed by atoms with van der Waals surface area (Å²) < 4.78 is 29.3. The Kier molecular flexibility index (Phi) is 4.05. The van der Waals surface area contributed by atoms with E-state index in [1.54, 1.807) is 0 Å². The SMILES string of the molecule is COC(=O)c1cc(Br)nc(C(F)F)c1[N+](=O)[O-]. The zero-order chi connectivity index (χ0) is 13.2. The number of carbonyl (C=O) groups is 1. The van der Waals surface area contributed by atoms with Crippen molar-refractivity contribution in [2.45, 2.75) is 6.43 Å². The molecule has 92 valence electrons. The third kappa shape index (κ3) is 2.73. The number of hydrogen-bond acceptors (Lipinski definition) is 5. The summed E-state index contributed by atoms with van der Waals surface area (Å²) in [7, 11) is 0.989. The van der Waals surface area contributed by atoms with Gasteiger partial charge in [0.15, 0.2) is 5.69 Å². The Morgan fingerprint density at radius 1 is 1.65 bits per heavy atom. The minimum atomic E-state index is -3.17. The molecule has 0 aromatic carbocycles. The quantitative estimate of drug-likeness (QED) is 0.371. The first kappa shape index (κ1) is 13.4. The van der Waals surface area contributed by atoms with Crippen molar-refractivity contribution in [1.29, 1.82) is 0 Å². The number of esters is 1. The van der Waals surface area contributed by atoms with Crippen LogP contribution in [0.1, 0.15) is 22.5 Å². The number of nitrogens with zero attached hydrogens (tertiary/aromatic N) is 2. The maximum absolute atomic E-state index is 12.6. The fourth-order valence-electron chi connectivity index (χ4n) is 1.14. The molecule has 0 spiro atoms. The maximum Gasteiger partial charge on any atom is 0.345 e. The van der Waals surface area contributed by atoms with Crippen molar-refractivity contribution in [1.82, 2.24) is 4.98 Å². The van der Waals surface area contributed by atoms with E-state index >= 15 is 0 Å². The lowest BCUT2D eigenvalue weighted by molar-refractivity contribution is -0.387. The fourth-order valence-corrected chi connectivity index (χ4v) is 1.56. The van der Waals surface area contributed by atoms with Crippen LogP contribution in [0.2, 0.25) is 0 Å². The minimum absolute atomic E-state index is 0.112. The summed E-state index contributed by atoms with van der Waals surface area (Å²) in [6.45, 7) is 0. The largest absolute Gasteiger partial charge is 0.465 e. The predicted octanol–water partition coefficient (Wildman–Crippen LogP) is 2.48.